The van der Waals surface area contributed by atoms with Crippen molar-refractivity contribution in [3.8, 4) is 5.75 Å². The summed E-state index contributed by atoms with van der Waals surface area (Å²) in [5, 5.41) is 132. The molecule has 6 aliphatic rings. The number of phenolic OH excluding ortho intramolecular Hbond substituents is 1. The molecule has 1 saturated carbocycles. The third kappa shape index (κ3) is 15.2. The van der Waals surface area contributed by atoms with Crippen molar-refractivity contribution in [1.82, 2.24) is 16.0 Å². The molecule has 3 aliphatic carbocycles. The number of carbonyl (C=O) groups excluding carboxylic acids is 5. The van der Waals surface area contributed by atoms with Gasteiger partial charge in [0.1, 0.15) is 46.8 Å². The predicted octanol–water partition coefficient (Wildman–Crippen LogP) is 0.477. The number of hydrogen-bond acceptors (Lipinski definition) is 25. The molecule has 0 radical (unpaired) electrons. The van der Waals surface area contributed by atoms with Crippen molar-refractivity contribution in [3.63, 3.8) is 0 Å². The number of ketones is 2. The molecular formula is C64H101N5O23. The number of esters is 1. The highest BCUT2D eigenvalue weighted by Gasteiger charge is 2.66. The number of aliphatic hydroxyl groups is 9. The summed E-state index contributed by atoms with van der Waals surface area (Å²) in [6.45, 7) is 20.8. The first-order chi connectivity index (χ1) is 42.7. The van der Waals surface area contributed by atoms with Crippen LogP contribution in [0.1, 0.15) is 139 Å². The normalized spacial score (nSPS) is 41.2. The van der Waals surface area contributed by atoms with Gasteiger partial charge in [0.25, 0.3) is 5.91 Å². The Bertz CT molecular complexity index is 2900. The van der Waals surface area contributed by atoms with Crippen molar-refractivity contribution in [1.29, 1.82) is 0 Å². The number of methoxy groups -OCH3 is 1. The molecule has 2 amide bonds. The molecule has 18 N–H and O–H groups in total. The summed E-state index contributed by atoms with van der Waals surface area (Å²) in [5.41, 5.74) is 0.0440. The minimum absolute atomic E-state index is 0.0332. The summed E-state index contributed by atoms with van der Waals surface area (Å²) in [5.74, 6) is -13.7. The number of aromatic hydroxyl groups is 1. The Morgan fingerprint density at radius 1 is 0.804 bits per heavy atom. The number of carboxylic acids is 1. The van der Waals surface area contributed by atoms with Crippen LogP contribution in [0.15, 0.2) is 35.1 Å². The Hall–Kier alpha value is -5.28. The average Bonchev–Trinajstić information content (AvgIpc) is 0.693. The fourth-order valence-corrected chi connectivity index (χ4v) is 14.9. The van der Waals surface area contributed by atoms with Gasteiger partial charge in [-0.25, -0.2) is 0 Å². The van der Waals surface area contributed by atoms with Gasteiger partial charge in [-0.05, 0) is 97.6 Å². The second-order valence-electron chi connectivity index (χ2n) is 27.2. The molecule has 24 atom stereocenters. The van der Waals surface area contributed by atoms with E-state index in [4.69, 9.17) is 45.0 Å². The third-order valence-corrected chi connectivity index (χ3v) is 20.2. The molecular weight excluding hydrogens is 1210 g/mol. The van der Waals surface area contributed by atoms with Crippen LogP contribution in [0, 0.1) is 41.4 Å². The van der Waals surface area contributed by atoms with E-state index >= 15 is 0 Å². The Kier molecular flexibility index (Phi) is 24.5. The number of nitrogens with one attached hydrogen (secondary N) is 3. The largest absolute Gasteiger partial charge is 0.508 e. The SMILES string of the molecule is CC[C@H]1OC(=O)[C@H](C)[C@@H](OC2CC(C)(OC)C(O)C(C)O2)C(C)[C@@H](OC2OC(C)CC(C)C2O)[C@](C)(O)C[C@@H](C)[C@H](NCCNC(=O)CCC(=O)O)[C@H](C)[C@@H](O)[C@]1(C)O.C[C@@]1(O)c2cccc(O)c2C(O)=C2C(=O)[C@]3(O)C(O)=C(C(N)=O)C(=O)[C@@H](NCCN)[C@@H]3C[C@@H]21. The number of cyclic esters (lactones) is 1. The second kappa shape index (κ2) is 29.8. The molecule has 520 valence electrons. The lowest BCUT2D eigenvalue weighted by molar-refractivity contribution is -0.318. The fraction of sp³-hybridized carbons (Fsp3) is 0.750. The number of hydrogen-bond donors (Lipinski definition) is 16. The number of Topliss-reactive ketones (excluding diaryl/α,β-unsaturated/α-hetero) is 2. The van der Waals surface area contributed by atoms with E-state index in [0.29, 0.717) is 6.42 Å². The number of benzene rings is 1. The van der Waals surface area contributed by atoms with Gasteiger partial charge in [-0.1, -0.05) is 46.8 Å². The van der Waals surface area contributed by atoms with Crippen LogP contribution in [0.5, 0.6) is 5.75 Å². The fourth-order valence-electron chi connectivity index (χ4n) is 14.9. The highest BCUT2D eigenvalue weighted by Crippen LogP contribution is 2.57. The lowest BCUT2D eigenvalue weighted by Crippen LogP contribution is -2.67. The first-order valence-electron chi connectivity index (χ1n) is 31.8. The van der Waals surface area contributed by atoms with E-state index in [2.05, 4.69) is 16.0 Å². The van der Waals surface area contributed by atoms with Gasteiger partial charge in [-0.15, -0.1) is 0 Å². The Labute approximate surface area is 536 Å². The van der Waals surface area contributed by atoms with Gasteiger partial charge in [-0.3, -0.25) is 28.8 Å². The average molecular weight is 1310 g/mol. The number of ether oxygens (including phenoxy) is 6. The number of amides is 2. The summed E-state index contributed by atoms with van der Waals surface area (Å²) in [4.78, 5) is 76.2. The first-order valence-corrected chi connectivity index (χ1v) is 31.8. The van der Waals surface area contributed by atoms with Crippen molar-refractivity contribution in [2.75, 3.05) is 33.3 Å². The Balaban J connectivity index is 0.000000341. The molecule has 92 heavy (non-hydrogen) atoms. The van der Waals surface area contributed by atoms with Gasteiger partial charge in [0.2, 0.25) is 11.7 Å². The number of nitrogens with two attached hydrogens (primary N) is 2. The Morgan fingerprint density at radius 2 is 1.46 bits per heavy atom. The third-order valence-electron chi connectivity index (χ3n) is 20.2. The highest BCUT2D eigenvalue weighted by molar-refractivity contribution is 6.24. The van der Waals surface area contributed by atoms with Crippen molar-refractivity contribution in [3.05, 3.63) is 46.2 Å². The number of carbonyl (C=O) groups is 6. The maximum Gasteiger partial charge on any atom is 0.311 e. The van der Waals surface area contributed by atoms with Crippen LogP contribution in [-0.2, 0) is 62.8 Å². The van der Waals surface area contributed by atoms with Crippen LogP contribution in [0.4, 0.5) is 0 Å². The van der Waals surface area contributed by atoms with Crippen LogP contribution < -0.4 is 27.4 Å². The summed E-state index contributed by atoms with van der Waals surface area (Å²) in [6, 6.07) is 2.25. The lowest BCUT2D eigenvalue weighted by Gasteiger charge is -2.52. The van der Waals surface area contributed by atoms with Crippen LogP contribution in [-0.4, -0.2) is 221 Å². The summed E-state index contributed by atoms with van der Waals surface area (Å²) in [7, 11) is 1.48. The van der Waals surface area contributed by atoms with Gasteiger partial charge in [0.05, 0.1) is 71.3 Å². The van der Waals surface area contributed by atoms with Gasteiger partial charge < -0.3 is 112 Å². The van der Waals surface area contributed by atoms with Crippen LogP contribution in [0.3, 0.4) is 0 Å². The van der Waals surface area contributed by atoms with Gasteiger partial charge >= 0.3 is 11.9 Å². The van der Waals surface area contributed by atoms with Crippen molar-refractivity contribution in [2.24, 2.45) is 52.9 Å². The molecule has 3 aliphatic heterocycles. The number of aliphatic hydroxyl groups excluding tert-OH is 5. The summed E-state index contributed by atoms with van der Waals surface area (Å²) < 4.78 is 37.5. The van der Waals surface area contributed by atoms with E-state index in [1.165, 1.54) is 39.2 Å². The highest BCUT2D eigenvalue weighted by atomic mass is 16.7. The number of rotatable bonds is 17. The molecule has 28 heteroatoms. The van der Waals surface area contributed by atoms with Crippen LogP contribution in [0.25, 0.3) is 5.76 Å². The minimum atomic E-state index is -2.79. The molecule has 3 saturated heterocycles. The summed E-state index contributed by atoms with van der Waals surface area (Å²) in [6.07, 6.45) is -9.94. The van der Waals surface area contributed by atoms with Gasteiger partial charge in [-0.2, -0.15) is 0 Å². The predicted molar refractivity (Wildman–Crippen MR) is 328 cm³/mol. The topological polar surface area (TPSA) is 468 Å². The van der Waals surface area contributed by atoms with Crippen molar-refractivity contribution in [2.45, 2.75) is 230 Å². The number of primary amides is 1. The van der Waals surface area contributed by atoms with Crippen LogP contribution in [0.2, 0.25) is 0 Å². The number of fused-ring (bicyclic) bond motifs is 3. The zero-order valence-corrected chi connectivity index (χ0v) is 55.0. The number of aliphatic carboxylic acids is 1. The molecule has 0 spiro atoms. The lowest BCUT2D eigenvalue weighted by atomic mass is 9.54. The monoisotopic (exact) mass is 1310 g/mol. The van der Waals surface area contributed by atoms with E-state index in [0.717, 1.165) is 0 Å². The molecule has 9 unspecified atom stereocenters. The van der Waals surface area contributed by atoms with E-state index < -0.39 is 195 Å². The molecule has 4 fully saturated rings. The molecule has 0 bridgehead atoms. The second-order valence-corrected chi connectivity index (χ2v) is 27.2. The van der Waals surface area contributed by atoms with Crippen molar-refractivity contribution < 1.29 is 113 Å². The van der Waals surface area contributed by atoms with Gasteiger partial charge in [0.15, 0.2) is 24.0 Å². The summed E-state index contributed by atoms with van der Waals surface area (Å²) >= 11 is 0. The molecule has 1 aromatic carbocycles. The van der Waals surface area contributed by atoms with E-state index in [9.17, 15) is 79.8 Å². The van der Waals surface area contributed by atoms with Crippen molar-refractivity contribution >= 4 is 41.1 Å². The molecule has 0 aromatic heterocycles. The van der Waals surface area contributed by atoms with Gasteiger partial charge in [0, 0.05) is 81.4 Å². The van der Waals surface area contributed by atoms with E-state index in [-0.39, 0.29) is 87.9 Å². The molecule has 1 aromatic rings. The minimum Gasteiger partial charge on any atom is -0.508 e. The number of carboxylic acid groups (broad SMARTS) is 1. The van der Waals surface area contributed by atoms with Crippen LogP contribution >= 0.6 is 0 Å². The first kappa shape index (κ1) is 75.7. The van der Waals surface area contributed by atoms with E-state index in [1.54, 1.807) is 48.5 Å². The standard InChI is InChI=1S/C42H76N2O15.C22H25N3O8/c1-13-28-42(11,53)35(49)24(5)32(44-17-16-43-29(45)14-15-30(46)47)22(3)19-40(9,52)37(59-39-33(48)21(2)18-23(4)55-39)25(6)34(26(7)38(51)57-28)58-31-20-41(10,54-12)36(50)27(8)56-31;1-21(32)8-3-2-4-11(26)12(8)16(27)13-9(21)7-10-15(25-6-5-23)17(28)14(20(24)31)19(30)22(10,33)18(13)29/h21-28,31-37,39,44,48-50,52-53H,13-20H2,1-12H3,(H,43,45)(H,46,47);2-4,9-10,15,25-27,30,32-33H,5-7,23H2,1H3,(H2,24,31)/t21?,22-,23?,24+,25?,26-,27?,28-,31?,32+,33?,34+,35-,36?,37-,39?,40-,41?,42-;9-,10-,15-,21+,22-/m10/s1. The zero-order valence-electron chi connectivity index (χ0n) is 55.0. The number of phenols is 1. The zero-order chi connectivity index (χ0) is 69.2. The maximum atomic E-state index is 14.3. The van der Waals surface area contributed by atoms with E-state index in [1.807, 2.05) is 20.8 Å². The maximum absolute atomic E-state index is 14.3. The smallest absolute Gasteiger partial charge is 0.311 e. The molecule has 7 rings (SSSR count). The quantitative estimate of drug-likeness (QED) is 0.0573. The molecule has 28 nitrogen and oxygen atoms in total. The Morgan fingerprint density at radius 3 is 2.05 bits per heavy atom. The molecule has 3 heterocycles.